The van der Waals surface area contributed by atoms with E-state index in [4.69, 9.17) is 9.47 Å². The summed E-state index contributed by atoms with van der Waals surface area (Å²) in [4.78, 5) is 32.3. The zero-order valence-electron chi connectivity index (χ0n) is 39.8. The van der Waals surface area contributed by atoms with E-state index < -0.39 is 0 Å². The Hall–Kier alpha value is -3.16. The first-order valence-corrected chi connectivity index (χ1v) is 24.0. The zero-order valence-corrected chi connectivity index (χ0v) is 39.8. The minimum atomic E-state index is -0.328. The summed E-state index contributed by atoms with van der Waals surface area (Å²) in [7, 11) is 8.25. The second kappa shape index (κ2) is 16.5. The van der Waals surface area contributed by atoms with Crippen LogP contribution in [0.4, 0.5) is 5.69 Å². The van der Waals surface area contributed by atoms with Crippen molar-refractivity contribution in [2.24, 2.45) is 56.7 Å². The smallest absolute Gasteiger partial charge is 0.376 e. The van der Waals surface area contributed by atoms with Crippen LogP contribution in [0.15, 0.2) is 48.5 Å². The second-order valence-corrected chi connectivity index (χ2v) is 22.4. The molecule has 60 heavy (non-hydrogen) atoms. The number of rotatable bonds is 12. The number of esters is 2. The van der Waals surface area contributed by atoms with Gasteiger partial charge in [0.25, 0.3) is 6.04 Å². The topological polar surface area (TPSA) is 66.0 Å². The monoisotopic (exact) mass is 827 g/mol. The van der Waals surface area contributed by atoms with Crippen molar-refractivity contribution in [3.05, 3.63) is 48.5 Å². The minimum absolute atomic E-state index is 0.0165. The van der Waals surface area contributed by atoms with E-state index in [2.05, 4.69) is 115 Å². The number of ether oxygens (including phenoxy) is 2. The molecule has 0 N–H and O–H groups in total. The lowest BCUT2D eigenvalue weighted by Gasteiger charge is -2.73. The number of carbonyl (C=O) groups excluding carboxylic acids is 2. The molecule has 1 aromatic heterocycles. The van der Waals surface area contributed by atoms with Gasteiger partial charge < -0.3 is 19.3 Å². The highest BCUT2D eigenvalue weighted by Gasteiger charge is 2.71. The molecule has 0 amide bonds. The number of nitrogens with zero attached hydrogens (tertiary/aromatic N) is 4. The molecular formula is C52H82N4O4+2. The third-order valence-corrected chi connectivity index (χ3v) is 19.0. The van der Waals surface area contributed by atoms with Gasteiger partial charge in [-0.05, 0) is 117 Å². The maximum absolute atomic E-state index is 14.0. The number of aromatic nitrogens is 1. The van der Waals surface area contributed by atoms with Crippen molar-refractivity contribution < 1.29 is 28.2 Å². The van der Waals surface area contributed by atoms with Gasteiger partial charge >= 0.3 is 11.9 Å². The lowest BCUT2D eigenvalue weighted by molar-refractivity contribution is -0.711. The van der Waals surface area contributed by atoms with Crippen molar-refractivity contribution in [2.45, 2.75) is 157 Å². The van der Waals surface area contributed by atoms with Crippen LogP contribution in [0.5, 0.6) is 0 Å². The van der Waals surface area contributed by atoms with Crippen molar-refractivity contribution in [3.8, 4) is 0 Å². The molecule has 7 unspecified atom stereocenters. The van der Waals surface area contributed by atoms with Crippen molar-refractivity contribution in [1.82, 2.24) is 4.90 Å². The van der Waals surface area contributed by atoms with Gasteiger partial charge in [-0.2, -0.15) is 4.57 Å². The molecule has 1 aromatic rings. The van der Waals surface area contributed by atoms with Crippen LogP contribution in [0.3, 0.4) is 0 Å². The molecule has 8 nitrogen and oxygen atoms in total. The zero-order chi connectivity index (χ0) is 43.6. The summed E-state index contributed by atoms with van der Waals surface area (Å²) in [5.41, 5.74) is 4.23. The van der Waals surface area contributed by atoms with Gasteiger partial charge in [0, 0.05) is 87.9 Å². The minimum Gasteiger partial charge on any atom is -0.460 e. The van der Waals surface area contributed by atoms with Crippen LogP contribution in [-0.2, 0) is 19.1 Å². The van der Waals surface area contributed by atoms with Gasteiger partial charge in [-0.15, -0.1) is 0 Å². The fourth-order valence-corrected chi connectivity index (χ4v) is 15.4. The summed E-state index contributed by atoms with van der Waals surface area (Å²) in [5.74, 6) is 2.53. The van der Waals surface area contributed by atoms with Crippen molar-refractivity contribution in [2.75, 3.05) is 46.2 Å². The molecule has 12 atom stereocenters. The molecule has 0 saturated heterocycles. The van der Waals surface area contributed by atoms with Gasteiger partial charge in [-0.25, -0.2) is 14.2 Å². The van der Waals surface area contributed by atoms with E-state index in [0.717, 1.165) is 57.2 Å². The SMILES string of the molecule is C=C(C)C1CC[C@]2(COC(=O)C(CC)[N+]3=CC=C(N(C)C)CC3)CC[C@]3(C)C(CCC4[C@@]5(C)CC[C@H](OC(=O)C(CC)[n+]6ccc(N(C)C)cc6)C(C)(C)C5CC[C@]43C)C12. The van der Waals surface area contributed by atoms with Gasteiger partial charge in [0.2, 0.25) is 6.04 Å². The Bertz CT molecular complexity index is 1850. The first-order valence-electron chi connectivity index (χ1n) is 24.0. The summed E-state index contributed by atoms with van der Waals surface area (Å²) in [6.45, 7) is 25.3. The summed E-state index contributed by atoms with van der Waals surface area (Å²) in [6, 6.07) is 3.57. The van der Waals surface area contributed by atoms with E-state index >= 15 is 0 Å². The van der Waals surface area contributed by atoms with Gasteiger partial charge in [-0.3, -0.25) is 0 Å². The summed E-state index contributed by atoms with van der Waals surface area (Å²) in [5, 5.41) is 0. The van der Waals surface area contributed by atoms with Gasteiger partial charge in [0.1, 0.15) is 12.6 Å². The van der Waals surface area contributed by atoms with E-state index in [1.807, 2.05) is 31.1 Å². The number of hydrogen-bond donors (Lipinski definition) is 0. The quantitative estimate of drug-likeness (QED) is 0.119. The van der Waals surface area contributed by atoms with Crippen LogP contribution in [0.1, 0.15) is 145 Å². The van der Waals surface area contributed by atoms with Gasteiger partial charge in [-0.1, -0.05) is 60.6 Å². The normalized spacial score (nSPS) is 37.7. The molecule has 0 bridgehead atoms. The van der Waals surface area contributed by atoms with E-state index in [1.165, 1.54) is 43.4 Å². The first-order chi connectivity index (χ1) is 28.3. The van der Waals surface area contributed by atoms with E-state index in [-0.39, 0.29) is 57.2 Å². The second-order valence-electron chi connectivity index (χ2n) is 22.4. The molecule has 6 aliphatic rings. The fourth-order valence-electron chi connectivity index (χ4n) is 15.4. The third-order valence-electron chi connectivity index (χ3n) is 19.0. The molecule has 0 spiro atoms. The van der Waals surface area contributed by atoms with Crippen molar-refractivity contribution in [3.63, 3.8) is 0 Å². The summed E-state index contributed by atoms with van der Waals surface area (Å²) >= 11 is 0. The van der Waals surface area contributed by atoms with Gasteiger partial charge in [0.05, 0.1) is 6.61 Å². The van der Waals surface area contributed by atoms with Crippen LogP contribution in [0.25, 0.3) is 0 Å². The molecule has 5 fully saturated rings. The number of carbonyl (C=O) groups is 2. The summed E-state index contributed by atoms with van der Waals surface area (Å²) in [6.07, 6.45) is 22.2. The Morgan fingerprint density at radius 2 is 1.52 bits per heavy atom. The van der Waals surface area contributed by atoms with Crippen molar-refractivity contribution >= 4 is 23.8 Å². The van der Waals surface area contributed by atoms with E-state index in [0.29, 0.717) is 42.6 Å². The van der Waals surface area contributed by atoms with Crippen LogP contribution in [-0.4, -0.2) is 81.1 Å². The molecule has 7 rings (SSSR count). The molecular weight excluding hydrogens is 745 g/mol. The molecule has 8 heteroatoms. The van der Waals surface area contributed by atoms with Crippen LogP contribution < -0.4 is 9.47 Å². The van der Waals surface area contributed by atoms with E-state index in [1.54, 1.807) is 0 Å². The predicted molar refractivity (Wildman–Crippen MR) is 242 cm³/mol. The molecule has 0 aromatic carbocycles. The Morgan fingerprint density at radius 1 is 0.817 bits per heavy atom. The predicted octanol–water partition coefficient (Wildman–Crippen LogP) is 9.81. The van der Waals surface area contributed by atoms with Crippen molar-refractivity contribution in [1.29, 1.82) is 0 Å². The highest BCUT2D eigenvalue weighted by Crippen LogP contribution is 2.77. The lowest BCUT2D eigenvalue weighted by Crippen LogP contribution is -2.67. The maximum atomic E-state index is 14.0. The standard InChI is InChI=1S/C52H82N4O4/c1-14-40(55-30-21-36(22-31-55)53(10)11)46(57)59-34-52-27-18-38(35(3)4)45(52)39-16-17-43-49(7)25-20-44(48(5,6)42(49)19-26-51(43,9)50(39,8)28-29-52)60-47(58)41(15-2)56-32-23-37(24-33-56)54(12)13/h21,23-24,30,32-33,38-45H,3,14-20,22,25-29,31,34H2,1-2,4-13H3/q+2/t38?,39?,40?,41?,42?,43?,44-,45?,49-,50+,51+,52+/m0/s1. The molecule has 332 valence electrons. The van der Waals surface area contributed by atoms with Crippen LogP contribution >= 0.6 is 0 Å². The number of pyridine rings is 1. The Balaban J connectivity index is 1.09. The molecule has 5 saturated carbocycles. The Labute approximate surface area is 364 Å². The number of anilines is 1. The fraction of sp³-hybridized carbons (Fsp3) is 0.769. The average Bonchev–Trinajstić information content (AvgIpc) is 3.60. The van der Waals surface area contributed by atoms with Gasteiger partial charge in [0.15, 0.2) is 18.6 Å². The van der Waals surface area contributed by atoms with E-state index in [9.17, 15) is 9.59 Å². The molecule has 0 radical (unpaired) electrons. The van der Waals surface area contributed by atoms with Crippen LogP contribution in [0.2, 0.25) is 0 Å². The summed E-state index contributed by atoms with van der Waals surface area (Å²) < 4.78 is 17.4. The number of fused-ring (bicyclic) bond motifs is 7. The number of hydrogen-bond acceptors (Lipinski definition) is 6. The Morgan fingerprint density at radius 3 is 2.12 bits per heavy atom. The lowest BCUT2D eigenvalue weighted by atomic mass is 9.32. The number of allylic oxidation sites excluding steroid dienone is 2. The maximum Gasteiger partial charge on any atom is 0.376 e. The highest BCUT2D eigenvalue weighted by atomic mass is 16.5. The largest absolute Gasteiger partial charge is 0.460 e. The molecule has 2 heterocycles. The average molecular weight is 827 g/mol. The highest BCUT2D eigenvalue weighted by molar-refractivity contribution is 5.76. The Kier molecular flexibility index (Phi) is 12.4. The first kappa shape index (κ1) is 44.9. The third kappa shape index (κ3) is 7.27. The molecule has 5 aliphatic carbocycles. The van der Waals surface area contributed by atoms with Crippen LogP contribution in [0, 0.1) is 56.7 Å². The molecule has 1 aliphatic heterocycles.